The molecule has 4 aromatic rings. The number of anilines is 2. The Morgan fingerprint density at radius 2 is 2.04 bits per heavy atom. The van der Waals surface area contributed by atoms with Crippen LogP contribution in [0.3, 0.4) is 0 Å². The molecule has 0 amide bonds. The van der Waals surface area contributed by atoms with Gasteiger partial charge in [0.1, 0.15) is 5.75 Å². The van der Waals surface area contributed by atoms with Gasteiger partial charge in [0.05, 0.1) is 31.6 Å². The molecule has 4 rings (SSSR count). The van der Waals surface area contributed by atoms with Gasteiger partial charge in [-0.3, -0.25) is 9.89 Å². The summed E-state index contributed by atoms with van der Waals surface area (Å²) < 4.78 is 6.64. The molecule has 27 heavy (non-hydrogen) atoms. The molecule has 0 saturated heterocycles. The maximum atomic E-state index is 12.4. The van der Waals surface area contributed by atoms with Crippen LogP contribution < -0.4 is 20.9 Å². The van der Waals surface area contributed by atoms with E-state index in [1.165, 1.54) is 15.5 Å². The highest BCUT2D eigenvalue weighted by molar-refractivity contribution is 7.09. The summed E-state index contributed by atoms with van der Waals surface area (Å²) in [5, 5.41) is 11.3. The number of fused-ring (bicyclic) bond motifs is 1. The van der Waals surface area contributed by atoms with Crippen LogP contribution in [0.15, 0.2) is 52.6 Å². The molecule has 0 saturated carbocycles. The Morgan fingerprint density at radius 1 is 1.15 bits per heavy atom. The van der Waals surface area contributed by atoms with Crippen molar-refractivity contribution in [2.75, 3.05) is 17.7 Å². The van der Waals surface area contributed by atoms with Gasteiger partial charge < -0.3 is 15.4 Å². The van der Waals surface area contributed by atoms with E-state index in [9.17, 15) is 4.79 Å². The zero-order valence-corrected chi connectivity index (χ0v) is 15.4. The minimum absolute atomic E-state index is 0.214. The average molecular weight is 382 g/mol. The third kappa shape index (κ3) is 3.77. The molecule has 3 heterocycles. The monoisotopic (exact) mass is 382 g/mol. The molecule has 3 N–H and O–H groups in total. The van der Waals surface area contributed by atoms with Crippen LogP contribution in [0.2, 0.25) is 0 Å². The second-order valence-electron chi connectivity index (χ2n) is 5.78. The van der Waals surface area contributed by atoms with Gasteiger partial charge in [-0.25, -0.2) is 4.98 Å². The van der Waals surface area contributed by atoms with E-state index in [0.717, 1.165) is 11.4 Å². The Balaban J connectivity index is 1.51. The summed E-state index contributed by atoms with van der Waals surface area (Å²) in [4.78, 5) is 22.3. The maximum Gasteiger partial charge on any atom is 0.274 e. The van der Waals surface area contributed by atoms with Crippen LogP contribution in [-0.2, 0) is 13.1 Å². The van der Waals surface area contributed by atoms with E-state index in [2.05, 4.69) is 25.7 Å². The topological polar surface area (TPSA) is 96.3 Å². The van der Waals surface area contributed by atoms with Crippen LogP contribution >= 0.6 is 11.3 Å². The average Bonchev–Trinajstić information content (AvgIpc) is 3.34. The first-order chi connectivity index (χ1) is 13.2. The Labute approximate surface area is 158 Å². The first kappa shape index (κ1) is 17.1. The Morgan fingerprint density at radius 3 is 2.85 bits per heavy atom. The number of hydrogen-bond acceptors (Lipinski definition) is 7. The van der Waals surface area contributed by atoms with Gasteiger partial charge in [-0.1, -0.05) is 18.2 Å². The minimum atomic E-state index is -0.214. The number of para-hydroxylation sites is 2. The third-order valence-corrected chi connectivity index (χ3v) is 4.84. The smallest absolute Gasteiger partial charge is 0.274 e. The molecular weight excluding hydrogens is 364 g/mol. The molecule has 0 aliphatic heterocycles. The summed E-state index contributed by atoms with van der Waals surface area (Å²) in [6.45, 7) is 1.02. The van der Waals surface area contributed by atoms with Crippen LogP contribution in [0.25, 0.3) is 5.78 Å². The fourth-order valence-electron chi connectivity index (χ4n) is 2.66. The lowest BCUT2D eigenvalue weighted by Crippen LogP contribution is -2.17. The quantitative estimate of drug-likeness (QED) is 0.455. The van der Waals surface area contributed by atoms with Gasteiger partial charge in [-0.15, -0.1) is 11.3 Å². The molecule has 0 spiro atoms. The van der Waals surface area contributed by atoms with Crippen LogP contribution in [0.1, 0.15) is 10.6 Å². The first-order valence-electron chi connectivity index (χ1n) is 8.35. The summed E-state index contributed by atoms with van der Waals surface area (Å²) in [6, 6.07) is 13.1. The molecule has 1 aromatic carbocycles. The van der Waals surface area contributed by atoms with E-state index in [0.29, 0.717) is 30.5 Å². The number of nitrogens with zero attached hydrogens (tertiary/aromatic N) is 3. The lowest BCUT2D eigenvalue weighted by molar-refractivity contribution is 0.416. The van der Waals surface area contributed by atoms with Crippen LogP contribution in [0.5, 0.6) is 5.75 Å². The maximum absolute atomic E-state index is 12.4. The predicted molar refractivity (Wildman–Crippen MR) is 106 cm³/mol. The molecule has 8 nitrogen and oxygen atoms in total. The number of nitrogens with one attached hydrogen (secondary N) is 3. The Hall–Kier alpha value is -3.33. The van der Waals surface area contributed by atoms with Gasteiger partial charge in [0.15, 0.2) is 0 Å². The van der Waals surface area contributed by atoms with Crippen LogP contribution in [0, 0.1) is 0 Å². The molecule has 138 valence electrons. The Kier molecular flexibility index (Phi) is 4.75. The normalized spacial score (nSPS) is 10.9. The highest BCUT2D eigenvalue weighted by atomic mass is 32.1. The standard InChI is InChI=1S/C18H18N6O2S/c1-26-15-7-3-2-6-14(15)19-10-12-9-16(25)24-18(21-12)22-17(23-24)20-11-13-5-4-8-27-13/h2-9,19H,10-11H2,1H3,(H2,20,21,22,23). The lowest BCUT2D eigenvalue weighted by atomic mass is 10.3. The van der Waals surface area contributed by atoms with Gasteiger partial charge in [-0.05, 0) is 23.6 Å². The van der Waals surface area contributed by atoms with Crippen molar-refractivity contribution in [3.63, 3.8) is 0 Å². The second kappa shape index (κ2) is 7.50. The molecule has 0 bridgehead atoms. The largest absolute Gasteiger partial charge is 0.495 e. The van der Waals surface area contributed by atoms with E-state index >= 15 is 0 Å². The van der Waals surface area contributed by atoms with Gasteiger partial charge in [0.2, 0.25) is 5.95 Å². The molecular formula is C18H18N6O2S. The van der Waals surface area contributed by atoms with Crippen LogP contribution in [0.4, 0.5) is 11.6 Å². The van der Waals surface area contributed by atoms with Crippen molar-refractivity contribution in [1.29, 1.82) is 0 Å². The number of aromatic nitrogens is 4. The van der Waals surface area contributed by atoms with E-state index in [1.807, 2.05) is 41.8 Å². The molecule has 0 fully saturated rings. The zero-order valence-electron chi connectivity index (χ0n) is 14.6. The highest BCUT2D eigenvalue weighted by Gasteiger charge is 2.09. The fourth-order valence-corrected chi connectivity index (χ4v) is 3.30. The summed E-state index contributed by atoms with van der Waals surface area (Å²) in [6.07, 6.45) is 0. The van der Waals surface area contributed by atoms with E-state index in [1.54, 1.807) is 18.4 Å². The number of thiophene rings is 1. The molecule has 0 atom stereocenters. The first-order valence-corrected chi connectivity index (χ1v) is 9.23. The number of aromatic amines is 1. The molecule has 0 unspecified atom stereocenters. The fraction of sp³-hybridized carbons (Fsp3) is 0.167. The van der Waals surface area contributed by atoms with E-state index in [4.69, 9.17) is 4.74 Å². The van der Waals surface area contributed by atoms with E-state index < -0.39 is 0 Å². The van der Waals surface area contributed by atoms with Crippen molar-refractivity contribution in [1.82, 2.24) is 19.6 Å². The van der Waals surface area contributed by atoms with Crippen molar-refractivity contribution in [3.8, 4) is 5.75 Å². The summed E-state index contributed by atoms with van der Waals surface area (Å²) >= 11 is 1.66. The molecule has 0 aliphatic rings. The number of methoxy groups -OCH3 is 1. The summed E-state index contributed by atoms with van der Waals surface area (Å²) in [5.41, 5.74) is 1.22. The number of hydrogen-bond donors (Lipinski definition) is 3. The molecule has 3 aromatic heterocycles. The number of rotatable bonds is 7. The van der Waals surface area contributed by atoms with Crippen molar-refractivity contribution in [2.24, 2.45) is 0 Å². The van der Waals surface area contributed by atoms with Crippen molar-refractivity contribution >= 4 is 28.8 Å². The number of benzene rings is 1. The summed E-state index contributed by atoms with van der Waals surface area (Å²) in [7, 11) is 1.62. The van der Waals surface area contributed by atoms with E-state index in [-0.39, 0.29) is 5.56 Å². The van der Waals surface area contributed by atoms with Crippen molar-refractivity contribution in [2.45, 2.75) is 13.1 Å². The molecule has 0 radical (unpaired) electrons. The van der Waals surface area contributed by atoms with Crippen molar-refractivity contribution in [3.05, 3.63) is 68.8 Å². The highest BCUT2D eigenvalue weighted by Crippen LogP contribution is 2.23. The second-order valence-corrected chi connectivity index (χ2v) is 6.81. The van der Waals surface area contributed by atoms with Crippen molar-refractivity contribution < 1.29 is 4.74 Å². The zero-order chi connectivity index (χ0) is 18.6. The van der Waals surface area contributed by atoms with Gasteiger partial charge >= 0.3 is 0 Å². The number of H-pyrrole nitrogens is 1. The van der Waals surface area contributed by atoms with Gasteiger partial charge in [0, 0.05) is 10.9 Å². The SMILES string of the molecule is COc1ccccc1NCc1cc(=O)n2[nH]c(NCc3cccs3)nc2n1. The van der Waals surface area contributed by atoms with Gasteiger partial charge in [0.25, 0.3) is 11.3 Å². The molecule has 9 heteroatoms. The van der Waals surface area contributed by atoms with Gasteiger partial charge in [-0.2, -0.15) is 9.50 Å². The molecule has 0 aliphatic carbocycles. The third-order valence-electron chi connectivity index (χ3n) is 3.96. The number of ether oxygens (including phenoxy) is 1. The van der Waals surface area contributed by atoms with Crippen LogP contribution in [-0.4, -0.2) is 26.7 Å². The Bertz CT molecular complexity index is 1100. The predicted octanol–water partition coefficient (Wildman–Crippen LogP) is 2.71. The lowest BCUT2D eigenvalue weighted by Gasteiger charge is -2.10. The minimum Gasteiger partial charge on any atom is -0.495 e. The summed E-state index contributed by atoms with van der Waals surface area (Å²) in [5.74, 6) is 1.56.